The highest BCUT2D eigenvalue weighted by atomic mass is 35.5. The molecular formula is C25H18Cl2FNO3. The molecule has 7 heteroatoms. The van der Waals surface area contributed by atoms with E-state index in [-0.39, 0.29) is 22.1 Å². The van der Waals surface area contributed by atoms with Crippen molar-refractivity contribution >= 4 is 35.1 Å². The third-order valence-corrected chi connectivity index (χ3v) is 6.18. The largest absolute Gasteiger partial charge is 0.477 e. The minimum atomic E-state index is -0.519. The van der Waals surface area contributed by atoms with Crippen LogP contribution in [-0.2, 0) is 13.1 Å². The summed E-state index contributed by atoms with van der Waals surface area (Å²) in [5.74, 6) is 0.373. The van der Waals surface area contributed by atoms with Crippen molar-refractivity contribution < 1.29 is 18.7 Å². The number of fused-ring (bicyclic) bond motifs is 2. The molecule has 162 valence electrons. The number of rotatable bonds is 3. The topological polar surface area (TPSA) is 38.8 Å². The van der Waals surface area contributed by atoms with Crippen molar-refractivity contribution in [1.29, 1.82) is 0 Å². The summed E-state index contributed by atoms with van der Waals surface area (Å²) in [6.07, 6.45) is 1.35. The Kier molecular flexibility index (Phi) is 5.41. The zero-order chi connectivity index (χ0) is 22.4. The number of Topliss-reactive ketones (excluding diaryl/α,β-unsaturated/α-hetero) is 1. The van der Waals surface area contributed by atoms with Crippen LogP contribution in [0, 0.1) is 12.7 Å². The van der Waals surface area contributed by atoms with E-state index >= 15 is 0 Å². The third kappa shape index (κ3) is 3.77. The molecule has 0 unspecified atom stereocenters. The van der Waals surface area contributed by atoms with Gasteiger partial charge in [0.15, 0.2) is 5.76 Å². The first-order valence-corrected chi connectivity index (χ1v) is 10.8. The van der Waals surface area contributed by atoms with Gasteiger partial charge in [-0.25, -0.2) is 4.39 Å². The van der Waals surface area contributed by atoms with Gasteiger partial charge in [-0.2, -0.15) is 0 Å². The number of nitrogens with zero attached hydrogens (tertiary/aromatic N) is 1. The normalized spacial score (nSPS) is 16.5. The maximum Gasteiger partial charge on any atom is 0.231 e. The molecule has 0 saturated carbocycles. The van der Waals surface area contributed by atoms with Gasteiger partial charge in [-0.15, -0.1) is 0 Å². The summed E-state index contributed by atoms with van der Waals surface area (Å²) < 4.78 is 26.1. The molecule has 0 radical (unpaired) electrons. The molecule has 0 aliphatic carbocycles. The molecule has 4 nitrogen and oxygen atoms in total. The monoisotopic (exact) mass is 469 g/mol. The Labute approximate surface area is 194 Å². The number of allylic oxidation sites excluding steroid dienone is 1. The number of carbonyl (C=O) groups is 1. The van der Waals surface area contributed by atoms with E-state index in [0.29, 0.717) is 41.9 Å². The van der Waals surface area contributed by atoms with Gasteiger partial charge >= 0.3 is 0 Å². The fraction of sp³-hybridized carbons (Fsp3) is 0.160. The van der Waals surface area contributed by atoms with Gasteiger partial charge in [0.25, 0.3) is 0 Å². The van der Waals surface area contributed by atoms with Gasteiger partial charge in [0.1, 0.15) is 24.0 Å². The lowest BCUT2D eigenvalue weighted by Gasteiger charge is -2.30. The highest BCUT2D eigenvalue weighted by Crippen LogP contribution is 2.43. The average Bonchev–Trinajstić information content (AvgIpc) is 3.08. The summed E-state index contributed by atoms with van der Waals surface area (Å²) in [6.45, 7) is 3.58. The van der Waals surface area contributed by atoms with Crippen LogP contribution in [0.4, 0.5) is 4.39 Å². The predicted octanol–water partition coefficient (Wildman–Crippen LogP) is 6.41. The molecule has 0 spiro atoms. The summed E-state index contributed by atoms with van der Waals surface area (Å²) in [6, 6.07) is 13.8. The first-order valence-electron chi connectivity index (χ1n) is 10.0. The second kappa shape index (κ2) is 8.24. The maximum absolute atomic E-state index is 14.2. The zero-order valence-electron chi connectivity index (χ0n) is 17.1. The molecule has 2 heterocycles. The molecular weight excluding hydrogens is 452 g/mol. The van der Waals surface area contributed by atoms with Crippen molar-refractivity contribution in [2.24, 2.45) is 0 Å². The summed E-state index contributed by atoms with van der Waals surface area (Å²) in [5, 5.41) is 0.904. The number of hydrogen-bond acceptors (Lipinski definition) is 4. The first-order chi connectivity index (χ1) is 15.4. The van der Waals surface area contributed by atoms with Crippen LogP contribution in [-0.4, -0.2) is 17.4 Å². The Morgan fingerprint density at radius 1 is 1.12 bits per heavy atom. The van der Waals surface area contributed by atoms with Crippen molar-refractivity contribution in [3.8, 4) is 11.5 Å². The summed E-state index contributed by atoms with van der Waals surface area (Å²) in [4.78, 5) is 15.2. The van der Waals surface area contributed by atoms with Gasteiger partial charge in [0.2, 0.25) is 5.78 Å². The van der Waals surface area contributed by atoms with Crippen molar-refractivity contribution in [3.05, 3.63) is 98.0 Å². The van der Waals surface area contributed by atoms with E-state index in [1.54, 1.807) is 12.1 Å². The average molecular weight is 470 g/mol. The number of benzene rings is 3. The minimum Gasteiger partial charge on any atom is -0.477 e. The Morgan fingerprint density at radius 3 is 2.66 bits per heavy atom. The third-order valence-electron chi connectivity index (χ3n) is 5.60. The summed E-state index contributed by atoms with van der Waals surface area (Å²) >= 11 is 12.1. The molecule has 0 N–H and O–H groups in total. The van der Waals surface area contributed by atoms with E-state index < -0.39 is 5.82 Å². The Morgan fingerprint density at radius 2 is 1.91 bits per heavy atom. The second-order valence-corrected chi connectivity index (χ2v) is 8.67. The van der Waals surface area contributed by atoms with E-state index in [4.69, 9.17) is 32.7 Å². The number of ether oxygens (including phenoxy) is 2. The molecule has 5 rings (SSSR count). The van der Waals surface area contributed by atoms with Crippen molar-refractivity contribution in [2.45, 2.75) is 20.0 Å². The van der Waals surface area contributed by atoms with E-state index in [9.17, 15) is 9.18 Å². The quantitative estimate of drug-likeness (QED) is 0.415. The predicted molar refractivity (Wildman–Crippen MR) is 122 cm³/mol. The Hall–Kier alpha value is -2.86. The van der Waals surface area contributed by atoms with E-state index in [2.05, 4.69) is 4.90 Å². The number of ketones is 1. The molecule has 0 saturated heterocycles. The fourth-order valence-corrected chi connectivity index (χ4v) is 4.37. The highest BCUT2D eigenvalue weighted by molar-refractivity contribution is 6.32. The molecule has 0 aromatic heterocycles. The van der Waals surface area contributed by atoms with Gasteiger partial charge in [-0.05, 0) is 48.9 Å². The van der Waals surface area contributed by atoms with Gasteiger partial charge in [-0.1, -0.05) is 41.4 Å². The lowest BCUT2D eigenvalue weighted by Crippen LogP contribution is -2.32. The SMILES string of the molecule is Cc1c2c(cc3c1O/C(=C\c1c(F)cccc1Cl)C3=O)CN(Cc1ccc(Cl)cc1)CO2. The molecule has 0 bridgehead atoms. The lowest BCUT2D eigenvalue weighted by molar-refractivity contribution is 0.0876. The van der Waals surface area contributed by atoms with Crippen molar-refractivity contribution in [2.75, 3.05) is 6.73 Å². The first kappa shape index (κ1) is 21.0. The summed E-state index contributed by atoms with van der Waals surface area (Å²) in [5.41, 5.74) is 3.34. The van der Waals surface area contributed by atoms with Crippen LogP contribution < -0.4 is 9.47 Å². The molecule has 2 aliphatic heterocycles. The molecule has 0 amide bonds. The maximum atomic E-state index is 14.2. The second-order valence-electron chi connectivity index (χ2n) is 7.83. The van der Waals surface area contributed by atoms with Crippen LogP contribution in [0.5, 0.6) is 11.5 Å². The lowest BCUT2D eigenvalue weighted by atomic mass is 9.99. The van der Waals surface area contributed by atoms with E-state index in [0.717, 1.165) is 16.7 Å². The highest BCUT2D eigenvalue weighted by Gasteiger charge is 2.34. The van der Waals surface area contributed by atoms with Gasteiger partial charge in [-0.3, -0.25) is 9.69 Å². The Bertz CT molecular complexity index is 1250. The van der Waals surface area contributed by atoms with Crippen LogP contribution >= 0.6 is 23.2 Å². The number of carbonyl (C=O) groups excluding carboxylic acids is 1. The van der Waals surface area contributed by atoms with Crippen LogP contribution in [0.2, 0.25) is 10.0 Å². The molecule has 3 aromatic carbocycles. The molecule has 2 aliphatic rings. The number of hydrogen-bond donors (Lipinski definition) is 0. The van der Waals surface area contributed by atoms with Gasteiger partial charge < -0.3 is 9.47 Å². The van der Waals surface area contributed by atoms with Crippen LogP contribution in [0.25, 0.3) is 6.08 Å². The Balaban J connectivity index is 1.44. The summed E-state index contributed by atoms with van der Waals surface area (Å²) in [7, 11) is 0. The van der Waals surface area contributed by atoms with Gasteiger partial charge in [0.05, 0.1) is 10.6 Å². The van der Waals surface area contributed by atoms with E-state index in [1.807, 2.05) is 31.2 Å². The molecule has 3 aromatic rings. The van der Waals surface area contributed by atoms with Gasteiger partial charge in [0, 0.05) is 34.8 Å². The van der Waals surface area contributed by atoms with Crippen molar-refractivity contribution in [1.82, 2.24) is 4.90 Å². The fourth-order valence-electron chi connectivity index (χ4n) is 4.03. The molecule has 0 fully saturated rings. The zero-order valence-corrected chi connectivity index (χ0v) is 18.6. The number of halogens is 3. The van der Waals surface area contributed by atoms with Crippen LogP contribution in [0.15, 0.2) is 54.3 Å². The van der Waals surface area contributed by atoms with Crippen LogP contribution in [0.3, 0.4) is 0 Å². The van der Waals surface area contributed by atoms with Crippen molar-refractivity contribution in [3.63, 3.8) is 0 Å². The standard InChI is InChI=1S/C25H18Cl2FNO3/c1-14-24-16(12-29(13-31-24)11-15-5-7-17(26)8-6-15)9-19-23(30)22(32-25(14)19)10-18-20(27)3-2-4-21(18)28/h2-10H,11-13H2,1H3/b22-10-. The smallest absolute Gasteiger partial charge is 0.231 e. The van der Waals surface area contributed by atoms with E-state index in [1.165, 1.54) is 18.2 Å². The molecule has 0 atom stereocenters. The molecule has 32 heavy (non-hydrogen) atoms. The minimum absolute atomic E-state index is 0.0375. The van der Waals surface area contributed by atoms with Crippen LogP contribution in [0.1, 0.15) is 32.6 Å².